The van der Waals surface area contributed by atoms with Crippen molar-refractivity contribution in [2.45, 2.75) is 37.5 Å². The van der Waals surface area contributed by atoms with E-state index in [9.17, 15) is 0 Å². The lowest BCUT2D eigenvalue weighted by atomic mass is 9.57. The third-order valence-electron chi connectivity index (χ3n) is 6.05. The summed E-state index contributed by atoms with van der Waals surface area (Å²) in [5.41, 5.74) is 3.25. The van der Waals surface area contributed by atoms with Crippen molar-refractivity contribution in [3.8, 4) is 0 Å². The molecule has 2 aromatic carbocycles. The SMILES string of the molecule is CN1c2ccccc2[C@@]2(C)[C@](C)(c3ccccc3)O[C@@]12C. The first-order chi connectivity index (χ1) is 9.95. The van der Waals surface area contributed by atoms with Crippen molar-refractivity contribution in [3.63, 3.8) is 0 Å². The van der Waals surface area contributed by atoms with Crippen molar-refractivity contribution < 1.29 is 4.74 Å². The van der Waals surface area contributed by atoms with Crippen LogP contribution in [0, 0.1) is 0 Å². The van der Waals surface area contributed by atoms with Crippen LogP contribution in [-0.2, 0) is 15.8 Å². The Balaban J connectivity index is 1.95. The van der Waals surface area contributed by atoms with Gasteiger partial charge in [0.05, 0.1) is 5.41 Å². The number of nitrogens with zero attached hydrogens (tertiary/aromatic N) is 1. The van der Waals surface area contributed by atoms with Crippen molar-refractivity contribution in [2.75, 3.05) is 11.9 Å². The standard InChI is InChI=1S/C19H21NO/c1-17-15-12-8-9-13-16(15)20(4)19(17,3)21-18(17,2)14-10-6-5-7-11-14/h5-13H,1-4H3/t17-,18-,19+/m0/s1. The van der Waals surface area contributed by atoms with E-state index in [4.69, 9.17) is 4.74 Å². The van der Waals surface area contributed by atoms with Gasteiger partial charge in [-0.15, -0.1) is 0 Å². The zero-order valence-electron chi connectivity index (χ0n) is 13.1. The third-order valence-corrected chi connectivity index (χ3v) is 6.05. The maximum atomic E-state index is 6.55. The number of anilines is 1. The third kappa shape index (κ3) is 1.20. The van der Waals surface area contributed by atoms with Gasteiger partial charge < -0.3 is 9.64 Å². The number of rotatable bonds is 1. The summed E-state index contributed by atoms with van der Waals surface area (Å²) in [5, 5.41) is 0. The monoisotopic (exact) mass is 279 g/mol. The highest BCUT2D eigenvalue weighted by Gasteiger charge is 2.75. The van der Waals surface area contributed by atoms with Gasteiger partial charge >= 0.3 is 0 Å². The van der Waals surface area contributed by atoms with Gasteiger partial charge in [-0.05, 0) is 38.0 Å². The first-order valence-corrected chi connectivity index (χ1v) is 7.54. The van der Waals surface area contributed by atoms with Crippen LogP contribution >= 0.6 is 0 Å². The molecule has 21 heavy (non-hydrogen) atoms. The topological polar surface area (TPSA) is 12.5 Å². The molecule has 108 valence electrons. The van der Waals surface area contributed by atoms with Crippen molar-refractivity contribution in [2.24, 2.45) is 0 Å². The predicted molar refractivity (Wildman–Crippen MR) is 85.5 cm³/mol. The van der Waals surface area contributed by atoms with Crippen LogP contribution in [0.3, 0.4) is 0 Å². The maximum absolute atomic E-state index is 6.55. The Bertz CT molecular complexity index is 713. The fourth-order valence-electron chi connectivity index (χ4n) is 4.43. The fourth-order valence-corrected chi connectivity index (χ4v) is 4.43. The molecule has 0 bridgehead atoms. The van der Waals surface area contributed by atoms with E-state index in [1.54, 1.807) is 0 Å². The van der Waals surface area contributed by atoms with Gasteiger partial charge in [0.2, 0.25) is 0 Å². The Hall–Kier alpha value is -1.80. The molecule has 0 amide bonds. The number of benzene rings is 2. The Kier molecular flexibility index (Phi) is 2.27. The van der Waals surface area contributed by atoms with E-state index >= 15 is 0 Å². The number of likely N-dealkylation sites (N-methyl/N-ethyl adjacent to an activating group) is 1. The van der Waals surface area contributed by atoms with Crippen LogP contribution in [0.1, 0.15) is 31.9 Å². The molecule has 0 N–H and O–H groups in total. The first-order valence-electron chi connectivity index (χ1n) is 7.54. The van der Waals surface area contributed by atoms with Crippen LogP contribution in [0.4, 0.5) is 5.69 Å². The highest BCUT2D eigenvalue weighted by molar-refractivity contribution is 5.69. The smallest absolute Gasteiger partial charge is 0.151 e. The number of para-hydroxylation sites is 1. The molecule has 2 aliphatic rings. The highest BCUT2D eigenvalue weighted by Crippen LogP contribution is 2.69. The molecule has 2 heteroatoms. The molecule has 2 aliphatic heterocycles. The number of hydrogen-bond donors (Lipinski definition) is 0. The molecule has 0 aromatic heterocycles. The van der Waals surface area contributed by atoms with Gasteiger partial charge in [0.15, 0.2) is 5.72 Å². The van der Waals surface area contributed by atoms with Crippen LogP contribution in [0.5, 0.6) is 0 Å². The second kappa shape index (κ2) is 3.69. The Morgan fingerprint density at radius 1 is 0.857 bits per heavy atom. The van der Waals surface area contributed by atoms with Crippen LogP contribution in [0.25, 0.3) is 0 Å². The summed E-state index contributed by atoms with van der Waals surface area (Å²) < 4.78 is 6.55. The highest BCUT2D eigenvalue weighted by atomic mass is 16.6. The van der Waals surface area contributed by atoms with Gasteiger partial charge in [-0.1, -0.05) is 48.5 Å². The minimum Gasteiger partial charge on any atom is -0.346 e. The maximum Gasteiger partial charge on any atom is 0.151 e. The van der Waals surface area contributed by atoms with E-state index in [1.165, 1.54) is 16.8 Å². The molecular formula is C19H21NO. The Labute approximate surface area is 126 Å². The predicted octanol–water partition coefficient (Wildman–Crippen LogP) is 4.06. The molecule has 0 spiro atoms. The molecular weight excluding hydrogens is 258 g/mol. The summed E-state index contributed by atoms with van der Waals surface area (Å²) in [6.45, 7) is 6.77. The zero-order valence-corrected chi connectivity index (χ0v) is 13.1. The molecule has 4 rings (SSSR count). The van der Waals surface area contributed by atoms with Crippen LogP contribution in [0.2, 0.25) is 0 Å². The molecule has 0 radical (unpaired) electrons. The Morgan fingerprint density at radius 2 is 1.48 bits per heavy atom. The lowest BCUT2D eigenvalue weighted by molar-refractivity contribution is -0.323. The average Bonchev–Trinajstić information content (AvgIpc) is 2.66. The molecule has 0 unspecified atom stereocenters. The molecule has 2 heterocycles. The molecule has 1 saturated heterocycles. The summed E-state index contributed by atoms with van der Waals surface area (Å²) in [7, 11) is 2.13. The summed E-state index contributed by atoms with van der Waals surface area (Å²) in [6.07, 6.45) is 0. The van der Waals surface area contributed by atoms with Gasteiger partial charge in [-0.2, -0.15) is 0 Å². The summed E-state index contributed by atoms with van der Waals surface area (Å²) in [6, 6.07) is 19.3. The molecule has 0 saturated carbocycles. The normalized spacial score (nSPS) is 36.9. The molecule has 0 aliphatic carbocycles. The quantitative estimate of drug-likeness (QED) is 0.780. The van der Waals surface area contributed by atoms with Crippen LogP contribution in [-0.4, -0.2) is 12.8 Å². The number of ether oxygens (including phenoxy) is 1. The number of hydrogen-bond acceptors (Lipinski definition) is 2. The van der Waals surface area contributed by atoms with Crippen molar-refractivity contribution >= 4 is 5.69 Å². The second-order valence-corrected chi connectivity index (χ2v) is 6.69. The summed E-state index contributed by atoms with van der Waals surface area (Å²) in [5.74, 6) is 0. The van der Waals surface area contributed by atoms with E-state index in [2.05, 4.69) is 87.3 Å². The van der Waals surface area contributed by atoms with E-state index in [0.717, 1.165) is 0 Å². The van der Waals surface area contributed by atoms with Crippen molar-refractivity contribution in [3.05, 3.63) is 65.7 Å². The van der Waals surface area contributed by atoms with Crippen molar-refractivity contribution in [1.29, 1.82) is 0 Å². The molecule has 2 nitrogen and oxygen atoms in total. The minimum atomic E-state index is -0.302. The molecule has 1 fully saturated rings. The van der Waals surface area contributed by atoms with Gasteiger partial charge in [-0.25, -0.2) is 0 Å². The molecule has 2 aromatic rings. The lowest BCUT2D eigenvalue weighted by Gasteiger charge is -2.66. The van der Waals surface area contributed by atoms with Crippen molar-refractivity contribution in [1.82, 2.24) is 0 Å². The zero-order chi connectivity index (χ0) is 14.9. The summed E-state index contributed by atoms with van der Waals surface area (Å²) >= 11 is 0. The van der Waals surface area contributed by atoms with E-state index in [-0.39, 0.29) is 16.7 Å². The molecule has 3 atom stereocenters. The second-order valence-electron chi connectivity index (χ2n) is 6.69. The van der Waals surface area contributed by atoms with E-state index < -0.39 is 0 Å². The Morgan fingerprint density at radius 3 is 2.19 bits per heavy atom. The van der Waals surface area contributed by atoms with Crippen LogP contribution in [0.15, 0.2) is 54.6 Å². The number of fused-ring (bicyclic) bond motifs is 3. The van der Waals surface area contributed by atoms with Gasteiger partial charge in [0.1, 0.15) is 5.60 Å². The van der Waals surface area contributed by atoms with Gasteiger partial charge in [0, 0.05) is 12.7 Å². The summed E-state index contributed by atoms with van der Waals surface area (Å²) in [4.78, 5) is 2.28. The fraction of sp³-hybridized carbons (Fsp3) is 0.368. The largest absolute Gasteiger partial charge is 0.346 e. The lowest BCUT2D eigenvalue weighted by Crippen LogP contribution is -2.76. The van der Waals surface area contributed by atoms with E-state index in [0.29, 0.717) is 0 Å². The van der Waals surface area contributed by atoms with Crippen LogP contribution < -0.4 is 4.90 Å². The minimum absolute atomic E-state index is 0.0628. The first kappa shape index (κ1) is 12.9. The van der Waals surface area contributed by atoms with Gasteiger partial charge in [-0.3, -0.25) is 0 Å². The van der Waals surface area contributed by atoms with Gasteiger partial charge in [0.25, 0.3) is 0 Å². The average molecular weight is 279 g/mol. The van der Waals surface area contributed by atoms with E-state index in [1.807, 2.05) is 0 Å².